The van der Waals surface area contributed by atoms with Gasteiger partial charge in [0.05, 0.1) is 0 Å². The van der Waals surface area contributed by atoms with Crippen molar-refractivity contribution in [2.75, 3.05) is 0 Å². The molecule has 2 aliphatic heterocycles. The number of benzene rings is 1. The number of ether oxygens (including phenoxy) is 1. The van der Waals surface area contributed by atoms with Gasteiger partial charge in [0.2, 0.25) is 0 Å². The largest absolute Gasteiger partial charge is 0.490 e. The molecule has 0 N–H and O–H groups in total. The number of hydrogen-bond donors (Lipinski definition) is 0. The normalized spacial score (nSPS) is 25.0. The number of carbonyl (C=O) groups excluding carboxylic acids is 1. The molecule has 0 radical (unpaired) electrons. The van der Waals surface area contributed by atoms with Crippen LogP contribution in [0.4, 0.5) is 4.39 Å². The number of aromatic nitrogens is 1. The number of aryl methyl sites for hydroxylation is 1. The molecule has 1 amide bonds. The van der Waals surface area contributed by atoms with E-state index in [2.05, 4.69) is 4.98 Å². The Bertz CT molecular complexity index is 767. The molecule has 2 saturated heterocycles. The van der Waals surface area contributed by atoms with Gasteiger partial charge in [-0.25, -0.2) is 4.39 Å². The van der Waals surface area contributed by atoms with Crippen molar-refractivity contribution in [3.8, 4) is 5.75 Å². The van der Waals surface area contributed by atoms with Crippen LogP contribution in [0.15, 0.2) is 42.7 Å². The van der Waals surface area contributed by atoms with Crippen molar-refractivity contribution in [2.24, 2.45) is 0 Å². The van der Waals surface area contributed by atoms with Crippen LogP contribution in [0.3, 0.4) is 0 Å². The zero-order valence-corrected chi connectivity index (χ0v) is 14.2. The predicted molar refractivity (Wildman–Crippen MR) is 92.0 cm³/mol. The molecule has 2 bridgehead atoms. The molecule has 2 unspecified atom stereocenters. The first-order chi connectivity index (χ1) is 12.1. The molecule has 130 valence electrons. The summed E-state index contributed by atoms with van der Waals surface area (Å²) in [5.41, 5.74) is 0.998. The number of hydrogen-bond acceptors (Lipinski definition) is 3. The van der Waals surface area contributed by atoms with Gasteiger partial charge < -0.3 is 9.64 Å². The first-order valence-electron chi connectivity index (χ1n) is 8.77. The van der Waals surface area contributed by atoms with E-state index in [0.29, 0.717) is 11.1 Å². The third-order valence-electron chi connectivity index (χ3n) is 5.30. The molecule has 0 saturated carbocycles. The van der Waals surface area contributed by atoms with Gasteiger partial charge in [-0.15, -0.1) is 0 Å². The number of pyridine rings is 1. The van der Waals surface area contributed by atoms with Gasteiger partial charge >= 0.3 is 0 Å². The maximum atomic E-state index is 13.8. The SMILES string of the molecule is Cc1ccc(C(=O)N2C3CCC2CC(Oc2ccncc2)C3)cc1F. The average Bonchev–Trinajstić information content (AvgIpc) is 2.88. The molecular weight excluding hydrogens is 319 g/mol. The third-order valence-corrected chi connectivity index (χ3v) is 5.30. The number of carbonyl (C=O) groups is 1. The van der Waals surface area contributed by atoms with Gasteiger partial charge in [0.15, 0.2) is 0 Å². The van der Waals surface area contributed by atoms with Gasteiger partial charge in [-0.05, 0) is 49.6 Å². The lowest BCUT2D eigenvalue weighted by Crippen LogP contribution is -2.49. The van der Waals surface area contributed by atoms with Crippen molar-refractivity contribution < 1.29 is 13.9 Å². The first kappa shape index (κ1) is 16.1. The fraction of sp³-hybridized carbons (Fsp3) is 0.400. The van der Waals surface area contributed by atoms with Crippen LogP contribution >= 0.6 is 0 Å². The highest BCUT2D eigenvalue weighted by Crippen LogP contribution is 2.38. The van der Waals surface area contributed by atoms with Crippen LogP contribution in [0.5, 0.6) is 5.75 Å². The smallest absolute Gasteiger partial charge is 0.254 e. The van der Waals surface area contributed by atoms with E-state index in [4.69, 9.17) is 4.74 Å². The zero-order valence-electron chi connectivity index (χ0n) is 14.2. The van der Waals surface area contributed by atoms with Crippen LogP contribution < -0.4 is 4.74 Å². The Hall–Kier alpha value is -2.43. The zero-order chi connectivity index (χ0) is 17.4. The Morgan fingerprint density at radius 1 is 1.16 bits per heavy atom. The lowest BCUT2D eigenvalue weighted by molar-refractivity contribution is 0.0358. The van der Waals surface area contributed by atoms with Crippen molar-refractivity contribution in [1.82, 2.24) is 9.88 Å². The quantitative estimate of drug-likeness (QED) is 0.855. The van der Waals surface area contributed by atoms with E-state index in [9.17, 15) is 9.18 Å². The van der Waals surface area contributed by atoms with E-state index in [0.717, 1.165) is 31.4 Å². The monoisotopic (exact) mass is 340 g/mol. The fourth-order valence-corrected chi connectivity index (χ4v) is 4.04. The van der Waals surface area contributed by atoms with Crippen molar-refractivity contribution >= 4 is 5.91 Å². The lowest BCUT2D eigenvalue weighted by atomic mass is 9.98. The maximum absolute atomic E-state index is 13.8. The number of rotatable bonds is 3. The van der Waals surface area contributed by atoms with Gasteiger partial charge in [0, 0.05) is 42.9 Å². The molecule has 4 nitrogen and oxygen atoms in total. The molecule has 2 aromatic rings. The predicted octanol–water partition coefficient (Wildman–Crippen LogP) is 3.74. The standard InChI is InChI=1S/C20H21FN2O2/c1-13-2-3-14(10-19(13)21)20(24)23-15-4-5-16(23)12-18(11-15)25-17-6-8-22-9-7-17/h2-3,6-10,15-16,18H,4-5,11-12H2,1H3. The molecule has 25 heavy (non-hydrogen) atoms. The Morgan fingerprint density at radius 2 is 1.84 bits per heavy atom. The van der Waals surface area contributed by atoms with E-state index in [-0.39, 0.29) is 29.9 Å². The van der Waals surface area contributed by atoms with E-state index in [1.54, 1.807) is 31.5 Å². The molecule has 1 aromatic carbocycles. The van der Waals surface area contributed by atoms with E-state index in [1.165, 1.54) is 6.07 Å². The molecule has 1 aromatic heterocycles. The van der Waals surface area contributed by atoms with Gasteiger partial charge in [-0.3, -0.25) is 9.78 Å². The summed E-state index contributed by atoms with van der Waals surface area (Å²) in [4.78, 5) is 18.9. The lowest BCUT2D eigenvalue weighted by Gasteiger charge is -2.39. The van der Waals surface area contributed by atoms with Gasteiger partial charge in [0.1, 0.15) is 17.7 Å². The third kappa shape index (κ3) is 3.11. The highest BCUT2D eigenvalue weighted by Gasteiger charge is 2.44. The minimum atomic E-state index is -0.325. The molecule has 2 aliphatic rings. The highest BCUT2D eigenvalue weighted by molar-refractivity contribution is 5.95. The Kier molecular flexibility index (Phi) is 4.15. The van der Waals surface area contributed by atoms with E-state index in [1.807, 2.05) is 17.0 Å². The summed E-state index contributed by atoms with van der Waals surface area (Å²) in [6, 6.07) is 8.80. The molecule has 2 fully saturated rings. The molecule has 2 atom stereocenters. The Balaban J connectivity index is 1.48. The van der Waals surface area contributed by atoms with Gasteiger partial charge in [-0.1, -0.05) is 6.07 Å². The summed E-state index contributed by atoms with van der Waals surface area (Å²) in [6.07, 6.45) is 7.15. The van der Waals surface area contributed by atoms with E-state index >= 15 is 0 Å². The maximum Gasteiger partial charge on any atom is 0.254 e. The average molecular weight is 340 g/mol. The second-order valence-corrected chi connectivity index (χ2v) is 6.96. The molecule has 3 heterocycles. The van der Waals surface area contributed by atoms with Crippen molar-refractivity contribution in [3.63, 3.8) is 0 Å². The summed E-state index contributed by atoms with van der Waals surface area (Å²) < 4.78 is 19.9. The van der Waals surface area contributed by atoms with Crippen molar-refractivity contribution in [2.45, 2.75) is 50.8 Å². The molecule has 5 heteroatoms. The Labute approximate surface area is 146 Å². The number of piperidine rings is 1. The van der Waals surface area contributed by atoms with E-state index < -0.39 is 0 Å². The number of halogens is 1. The minimum absolute atomic E-state index is 0.0613. The van der Waals surface area contributed by atoms with Crippen molar-refractivity contribution in [3.05, 3.63) is 59.7 Å². The van der Waals surface area contributed by atoms with Crippen LogP contribution in [0.2, 0.25) is 0 Å². The summed E-state index contributed by atoms with van der Waals surface area (Å²) in [6.45, 7) is 1.70. The van der Waals surface area contributed by atoms with Crippen LogP contribution in [0.1, 0.15) is 41.6 Å². The van der Waals surface area contributed by atoms with Crippen LogP contribution in [0, 0.1) is 12.7 Å². The molecular formula is C20H21FN2O2. The summed E-state index contributed by atoms with van der Waals surface area (Å²) >= 11 is 0. The molecule has 4 rings (SSSR count). The number of nitrogens with zero attached hydrogens (tertiary/aromatic N) is 2. The summed E-state index contributed by atoms with van der Waals surface area (Å²) in [7, 11) is 0. The molecule has 0 aliphatic carbocycles. The number of fused-ring (bicyclic) bond motifs is 2. The van der Waals surface area contributed by atoms with Crippen LogP contribution in [-0.4, -0.2) is 34.0 Å². The summed E-state index contributed by atoms with van der Waals surface area (Å²) in [5, 5.41) is 0. The summed E-state index contributed by atoms with van der Waals surface area (Å²) in [5.74, 6) is 0.433. The second kappa shape index (κ2) is 6.47. The van der Waals surface area contributed by atoms with Gasteiger partial charge in [0.25, 0.3) is 5.91 Å². The fourth-order valence-electron chi connectivity index (χ4n) is 4.04. The number of amides is 1. The van der Waals surface area contributed by atoms with Crippen molar-refractivity contribution in [1.29, 1.82) is 0 Å². The Morgan fingerprint density at radius 3 is 2.48 bits per heavy atom. The van der Waals surface area contributed by atoms with Crippen LogP contribution in [-0.2, 0) is 0 Å². The molecule has 0 spiro atoms. The van der Waals surface area contributed by atoms with Crippen LogP contribution in [0.25, 0.3) is 0 Å². The minimum Gasteiger partial charge on any atom is -0.490 e. The second-order valence-electron chi connectivity index (χ2n) is 6.96. The topological polar surface area (TPSA) is 42.4 Å². The highest BCUT2D eigenvalue weighted by atomic mass is 19.1. The first-order valence-corrected chi connectivity index (χ1v) is 8.77. The van der Waals surface area contributed by atoms with Gasteiger partial charge in [-0.2, -0.15) is 0 Å².